The molecule has 4 rings (SSSR count). The summed E-state index contributed by atoms with van der Waals surface area (Å²) < 4.78 is 0. The maximum absolute atomic E-state index is 11.2. The van der Waals surface area contributed by atoms with Gasteiger partial charge in [-0.05, 0) is 24.3 Å². The van der Waals surface area contributed by atoms with Crippen LogP contribution in [0.25, 0.3) is 22.5 Å². The number of nitro benzene ring substituents is 1. The number of anilines is 1. The van der Waals surface area contributed by atoms with E-state index in [0.29, 0.717) is 22.5 Å². The van der Waals surface area contributed by atoms with E-state index in [1.165, 1.54) is 12.3 Å². The summed E-state index contributed by atoms with van der Waals surface area (Å²) >= 11 is 0. The fourth-order valence-electron chi connectivity index (χ4n) is 3.00. The fourth-order valence-corrected chi connectivity index (χ4v) is 3.00. The smallest absolute Gasteiger partial charge is 0.278 e. The van der Waals surface area contributed by atoms with Crippen LogP contribution in [-0.4, -0.2) is 26.2 Å². The van der Waals surface area contributed by atoms with Gasteiger partial charge in [0.15, 0.2) is 0 Å². The normalized spacial score (nSPS) is 10.8. The Labute approximate surface area is 177 Å². The van der Waals surface area contributed by atoms with Crippen molar-refractivity contribution in [3.05, 3.63) is 101 Å². The zero-order valence-corrected chi connectivity index (χ0v) is 16.2. The van der Waals surface area contributed by atoms with Gasteiger partial charge in [0.1, 0.15) is 5.75 Å². The molecule has 0 amide bonds. The average Bonchev–Trinajstić information content (AvgIpc) is 2.80. The van der Waals surface area contributed by atoms with Gasteiger partial charge in [0.05, 0.1) is 28.1 Å². The van der Waals surface area contributed by atoms with Crippen LogP contribution in [0.1, 0.15) is 5.56 Å². The molecule has 0 aliphatic rings. The third kappa shape index (κ3) is 4.54. The zero-order chi connectivity index (χ0) is 21.6. The largest absolute Gasteiger partial charge is 0.507 e. The Bertz CT molecular complexity index is 1260. The Balaban J connectivity index is 1.71. The van der Waals surface area contributed by atoms with Gasteiger partial charge >= 0.3 is 0 Å². The molecule has 8 nitrogen and oxygen atoms in total. The van der Waals surface area contributed by atoms with Gasteiger partial charge in [0.25, 0.3) is 5.69 Å². The van der Waals surface area contributed by atoms with Gasteiger partial charge in [-0.25, -0.2) is 15.4 Å². The number of benzene rings is 3. The monoisotopic (exact) mass is 411 g/mol. The molecule has 0 aliphatic carbocycles. The number of nitrogens with zero attached hydrogens (tertiary/aromatic N) is 4. The summed E-state index contributed by atoms with van der Waals surface area (Å²) in [4.78, 5) is 19.6. The molecule has 1 heterocycles. The number of phenolic OH excluding ortho intramolecular Hbond substituents is 1. The number of nitrogens with one attached hydrogen (secondary N) is 1. The Hall–Kier alpha value is -4.59. The van der Waals surface area contributed by atoms with Crippen molar-refractivity contribution in [3.8, 4) is 28.3 Å². The summed E-state index contributed by atoms with van der Waals surface area (Å²) in [5, 5.41) is 25.5. The summed E-state index contributed by atoms with van der Waals surface area (Å²) in [7, 11) is 0. The molecule has 3 aromatic carbocycles. The lowest BCUT2D eigenvalue weighted by Gasteiger charge is -2.09. The molecule has 152 valence electrons. The Morgan fingerprint density at radius 2 is 1.58 bits per heavy atom. The van der Waals surface area contributed by atoms with E-state index in [1.54, 1.807) is 48.5 Å². The first-order valence-electron chi connectivity index (χ1n) is 9.37. The predicted molar refractivity (Wildman–Crippen MR) is 119 cm³/mol. The SMILES string of the molecule is O=[N+]([O-])c1ccccc1/C=N\Nc1nc(-c2ccccc2)cc(-c2ccccc2O)n1. The molecule has 0 saturated carbocycles. The highest BCUT2D eigenvalue weighted by Gasteiger charge is 2.12. The van der Waals surface area contributed by atoms with Crippen molar-refractivity contribution >= 4 is 17.9 Å². The average molecular weight is 411 g/mol. The van der Waals surface area contributed by atoms with Crippen molar-refractivity contribution in [1.82, 2.24) is 9.97 Å². The van der Waals surface area contributed by atoms with Crippen LogP contribution in [0.4, 0.5) is 11.6 Å². The van der Waals surface area contributed by atoms with Crippen LogP contribution in [0.3, 0.4) is 0 Å². The highest BCUT2D eigenvalue weighted by Crippen LogP contribution is 2.30. The van der Waals surface area contributed by atoms with Gasteiger partial charge in [0.2, 0.25) is 5.95 Å². The molecule has 0 atom stereocenters. The molecule has 0 fully saturated rings. The van der Waals surface area contributed by atoms with E-state index in [1.807, 2.05) is 30.3 Å². The summed E-state index contributed by atoms with van der Waals surface area (Å²) in [5.41, 5.74) is 5.60. The van der Waals surface area contributed by atoms with E-state index >= 15 is 0 Å². The lowest BCUT2D eigenvalue weighted by Crippen LogP contribution is -2.01. The Morgan fingerprint density at radius 3 is 2.35 bits per heavy atom. The topological polar surface area (TPSA) is 114 Å². The number of hydrazone groups is 1. The third-order valence-electron chi connectivity index (χ3n) is 4.48. The molecule has 0 spiro atoms. The molecule has 1 aromatic heterocycles. The van der Waals surface area contributed by atoms with Crippen molar-refractivity contribution < 1.29 is 10.0 Å². The van der Waals surface area contributed by atoms with Crippen molar-refractivity contribution in [2.45, 2.75) is 0 Å². The first kappa shape index (κ1) is 19.7. The van der Waals surface area contributed by atoms with Gasteiger partial charge in [0, 0.05) is 17.2 Å². The van der Waals surface area contributed by atoms with Crippen LogP contribution in [0.5, 0.6) is 5.75 Å². The third-order valence-corrected chi connectivity index (χ3v) is 4.48. The van der Waals surface area contributed by atoms with E-state index < -0.39 is 4.92 Å². The molecule has 0 aliphatic heterocycles. The van der Waals surface area contributed by atoms with E-state index in [0.717, 1.165) is 5.56 Å². The second-order valence-electron chi connectivity index (χ2n) is 6.53. The number of aromatic hydroxyl groups is 1. The number of hydrogen-bond donors (Lipinski definition) is 2. The fraction of sp³-hybridized carbons (Fsp3) is 0. The maximum atomic E-state index is 11.2. The molecule has 8 heteroatoms. The number of aromatic nitrogens is 2. The molecular weight excluding hydrogens is 394 g/mol. The van der Waals surface area contributed by atoms with Crippen molar-refractivity contribution in [2.75, 3.05) is 5.43 Å². The second-order valence-corrected chi connectivity index (χ2v) is 6.53. The number of hydrogen-bond acceptors (Lipinski definition) is 7. The van der Waals surface area contributed by atoms with Crippen LogP contribution < -0.4 is 5.43 Å². The van der Waals surface area contributed by atoms with Crippen LogP contribution in [0.15, 0.2) is 90.0 Å². The van der Waals surface area contributed by atoms with Crippen LogP contribution in [0.2, 0.25) is 0 Å². The van der Waals surface area contributed by atoms with Crippen molar-refractivity contribution in [3.63, 3.8) is 0 Å². The minimum Gasteiger partial charge on any atom is -0.507 e. The number of nitro groups is 1. The van der Waals surface area contributed by atoms with Gasteiger partial charge in [-0.2, -0.15) is 5.10 Å². The lowest BCUT2D eigenvalue weighted by molar-refractivity contribution is -0.385. The summed E-state index contributed by atoms with van der Waals surface area (Å²) in [6.07, 6.45) is 1.34. The summed E-state index contributed by atoms with van der Waals surface area (Å²) in [5.74, 6) is 0.281. The van der Waals surface area contributed by atoms with E-state index in [4.69, 9.17) is 0 Å². The van der Waals surface area contributed by atoms with Crippen LogP contribution in [-0.2, 0) is 0 Å². The van der Waals surface area contributed by atoms with E-state index in [-0.39, 0.29) is 17.4 Å². The molecule has 2 N–H and O–H groups in total. The molecular formula is C23H17N5O3. The van der Waals surface area contributed by atoms with Crippen molar-refractivity contribution in [2.24, 2.45) is 5.10 Å². The molecule has 4 aromatic rings. The molecule has 0 saturated heterocycles. The molecule has 0 bridgehead atoms. The minimum absolute atomic E-state index is 0.0538. The quantitative estimate of drug-likeness (QED) is 0.266. The van der Waals surface area contributed by atoms with Gasteiger partial charge < -0.3 is 5.11 Å². The Kier molecular flexibility index (Phi) is 5.62. The second kappa shape index (κ2) is 8.83. The highest BCUT2D eigenvalue weighted by molar-refractivity contribution is 5.85. The lowest BCUT2D eigenvalue weighted by atomic mass is 10.1. The number of phenols is 1. The van der Waals surface area contributed by atoms with Gasteiger partial charge in [-0.15, -0.1) is 0 Å². The van der Waals surface area contributed by atoms with E-state index in [9.17, 15) is 15.2 Å². The van der Waals surface area contributed by atoms with Crippen LogP contribution >= 0.6 is 0 Å². The first-order valence-corrected chi connectivity index (χ1v) is 9.37. The minimum atomic E-state index is -0.468. The maximum Gasteiger partial charge on any atom is 0.278 e. The molecule has 0 radical (unpaired) electrons. The summed E-state index contributed by atoms with van der Waals surface area (Å²) in [6.45, 7) is 0. The molecule has 0 unspecified atom stereocenters. The van der Waals surface area contributed by atoms with Crippen LogP contribution in [0, 0.1) is 10.1 Å². The number of rotatable bonds is 6. The van der Waals surface area contributed by atoms with E-state index in [2.05, 4.69) is 20.5 Å². The zero-order valence-electron chi connectivity index (χ0n) is 16.2. The van der Waals surface area contributed by atoms with Gasteiger partial charge in [-0.3, -0.25) is 10.1 Å². The predicted octanol–water partition coefficient (Wildman–Crippen LogP) is 4.87. The van der Waals surface area contributed by atoms with Gasteiger partial charge in [-0.1, -0.05) is 54.6 Å². The number of para-hydroxylation sites is 2. The Morgan fingerprint density at radius 1 is 0.903 bits per heavy atom. The molecule has 31 heavy (non-hydrogen) atoms. The van der Waals surface area contributed by atoms with Crippen molar-refractivity contribution in [1.29, 1.82) is 0 Å². The summed E-state index contributed by atoms with van der Waals surface area (Å²) in [6, 6.07) is 24.5. The standard InChI is InChI=1S/C23H17N5O3/c29-22-13-7-5-11-18(22)20-14-19(16-8-2-1-3-9-16)25-23(26-20)27-24-15-17-10-4-6-12-21(17)28(30)31/h1-15,29H,(H,25,26,27)/b24-15-. The highest BCUT2D eigenvalue weighted by atomic mass is 16.6. The first-order chi connectivity index (χ1) is 15.1.